The van der Waals surface area contributed by atoms with Gasteiger partial charge in [0.1, 0.15) is 5.01 Å². The smallest absolute Gasteiger partial charge is 0.107 e. The first-order valence-corrected chi connectivity index (χ1v) is 6.94. The monoisotopic (exact) mass is 255 g/mol. The number of hydrogen-bond donors (Lipinski definition) is 1. The molecule has 4 nitrogen and oxygen atoms in total. The number of aliphatic hydroxyl groups is 1. The van der Waals surface area contributed by atoms with Crippen LogP contribution in [0.3, 0.4) is 0 Å². The molecule has 17 heavy (non-hydrogen) atoms. The molecule has 0 unspecified atom stereocenters. The van der Waals surface area contributed by atoms with Crippen molar-refractivity contribution in [2.24, 2.45) is 0 Å². The van der Waals surface area contributed by atoms with Gasteiger partial charge in [-0.2, -0.15) is 0 Å². The fraction of sp³-hybridized carbons (Fsp3) is 0.750. The van der Waals surface area contributed by atoms with E-state index in [1.807, 2.05) is 0 Å². The average Bonchev–Trinajstić information content (AvgIpc) is 2.77. The minimum Gasteiger partial charge on any atom is -0.391 e. The van der Waals surface area contributed by atoms with Gasteiger partial charge in [0.25, 0.3) is 0 Å². The number of hydrogen-bond acceptors (Lipinski definition) is 5. The van der Waals surface area contributed by atoms with Crippen LogP contribution in [0.4, 0.5) is 0 Å². The van der Waals surface area contributed by atoms with Crippen molar-refractivity contribution < 1.29 is 5.11 Å². The number of piperidine rings is 1. The zero-order valence-electron chi connectivity index (χ0n) is 10.6. The molecule has 0 aromatic carbocycles. The predicted octanol–water partition coefficient (Wildman–Crippen LogP) is 1.16. The van der Waals surface area contributed by atoms with Gasteiger partial charge in [-0.1, -0.05) is 0 Å². The first kappa shape index (κ1) is 13.0. The number of rotatable bonds is 4. The van der Waals surface area contributed by atoms with E-state index in [9.17, 15) is 0 Å². The first-order valence-electron chi connectivity index (χ1n) is 6.12. The molecule has 1 saturated heterocycles. The molecule has 5 heteroatoms. The topological polar surface area (TPSA) is 39.6 Å². The van der Waals surface area contributed by atoms with E-state index in [4.69, 9.17) is 5.11 Å². The van der Waals surface area contributed by atoms with Gasteiger partial charge in [0, 0.05) is 12.2 Å². The lowest BCUT2D eigenvalue weighted by atomic mass is 10.0. The molecule has 0 amide bonds. The summed E-state index contributed by atoms with van der Waals surface area (Å²) in [5, 5.41) is 10.1. The van der Waals surface area contributed by atoms with Crippen LogP contribution in [0, 0.1) is 0 Å². The Hall–Kier alpha value is -0.490. The van der Waals surface area contributed by atoms with Gasteiger partial charge in [-0.3, -0.25) is 4.90 Å². The Morgan fingerprint density at radius 2 is 2.24 bits per heavy atom. The molecule has 1 aliphatic heterocycles. The number of thiazole rings is 1. The molecule has 0 aliphatic carbocycles. The Balaban J connectivity index is 1.85. The van der Waals surface area contributed by atoms with Crippen molar-refractivity contribution in [2.45, 2.75) is 32.0 Å². The van der Waals surface area contributed by atoms with Crippen LogP contribution in [0.25, 0.3) is 0 Å². The van der Waals surface area contributed by atoms with Crippen LogP contribution < -0.4 is 0 Å². The molecule has 0 saturated carbocycles. The minimum atomic E-state index is 0.107. The molecule has 0 radical (unpaired) electrons. The highest BCUT2D eigenvalue weighted by molar-refractivity contribution is 7.11. The van der Waals surface area contributed by atoms with E-state index in [1.165, 1.54) is 25.9 Å². The summed E-state index contributed by atoms with van der Waals surface area (Å²) in [6.45, 7) is 3.39. The lowest BCUT2D eigenvalue weighted by Gasteiger charge is -2.34. The van der Waals surface area contributed by atoms with E-state index in [1.54, 1.807) is 17.5 Å². The fourth-order valence-corrected chi connectivity index (χ4v) is 3.12. The molecule has 0 bridgehead atoms. The van der Waals surface area contributed by atoms with Crippen molar-refractivity contribution in [1.29, 1.82) is 0 Å². The van der Waals surface area contributed by atoms with E-state index in [0.29, 0.717) is 6.04 Å². The van der Waals surface area contributed by atoms with Crippen LogP contribution in [0.1, 0.15) is 22.7 Å². The summed E-state index contributed by atoms with van der Waals surface area (Å²) in [5.74, 6) is 0. The number of nitrogens with zero attached hydrogens (tertiary/aromatic N) is 3. The van der Waals surface area contributed by atoms with Crippen LogP contribution in [0.2, 0.25) is 0 Å². The third-order valence-corrected chi connectivity index (χ3v) is 4.42. The summed E-state index contributed by atoms with van der Waals surface area (Å²) in [4.78, 5) is 10.1. The standard InChI is InChI=1S/C12H21N3OS/c1-14-5-3-10(4-6-14)15(2)8-12-13-7-11(9-16)17-12/h7,10,16H,3-6,8-9H2,1-2H3. The van der Waals surface area contributed by atoms with Crippen molar-refractivity contribution in [3.63, 3.8) is 0 Å². The van der Waals surface area contributed by atoms with Crippen molar-refractivity contribution in [1.82, 2.24) is 14.8 Å². The highest BCUT2D eigenvalue weighted by Gasteiger charge is 2.21. The average molecular weight is 255 g/mol. The molecule has 1 aromatic rings. The van der Waals surface area contributed by atoms with Gasteiger partial charge in [-0.25, -0.2) is 4.98 Å². The second-order valence-corrected chi connectivity index (χ2v) is 6.03. The predicted molar refractivity (Wildman–Crippen MR) is 70.0 cm³/mol. The molecular weight excluding hydrogens is 234 g/mol. The lowest BCUT2D eigenvalue weighted by molar-refractivity contribution is 0.139. The second kappa shape index (κ2) is 5.91. The summed E-state index contributed by atoms with van der Waals surface area (Å²) < 4.78 is 0. The molecule has 2 heterocycles. The molecule has 1 N–H and O–H groups in total. The quantitative estimate of drug-likeness (QED) is 0.876. The van der Waals surface area contributed by atoms with Crippen LogP contribution in [0.15, 0.2) is 6.20 Å². The number of aromatic nitrogens is 1. The Morgan fingerprint density at radius 3 is 2.82 bits per heavy atom. The van der Waals surface area contributed by atoms with Crippen LogP contribution >= 0.6 is 11.3 Å². The fourth-order valence-electron chi connectivity index (χ4n) is 2.27. The van der Waals surface area contributed by atoms with E-state index in [0.717, 1.165) is 16.4 Å². The van der Waals surface area contributed by atoms with Gasteiger partial charge in [-0.15, -0.1) is 11.3 Å². The van der Waals surface area contributed by atoms with Gasteiger partial charge in [0.2, 0.25) is 0 Å². The van der Waals surface area contributed by atoms with Gasteiger partial charge < -0.3 is 10.0 Å². The van der Waals surface area contributed by atoms with E-state index >= 15 is 0 Å². The number of aliphatic hydroxyl groups excluding tert-OH is 1. The van der Waals surface area contributed by atoms with Gasteiger partial charge in [-0.05, 0) is 40.0 Å². The Bertz CT molecular complexity index is 347. The van der Waals surface area contributed by atoms with Crippen LogP contribution in [-0.2, 0) is 13.2 Å². The van der Waals surface area contributed by atoms with Crippen LogP contribution in [-0.4, -0.2) is 53.1 Å². The Kier molecular flexibility index (Phi) is 4.50. The number of likely N-dealkylation sites (tertiary alicyclic amines) is 1. The van der Waals surface area contributed by atoms with Crippen molar-refractivity contribution >= 4 is 11.3 Å². The Labute approximate surface area is 107 Å². The molecule has 96 valence electrons. The maximum absolute atomic E-state index is 9.01. The van der Waals surface area contributed by atoms with Gasteiger partial charge in [0.05, 0.1) is 18.0 Å². The zero-order chi connectivity index (χ0) is 12.3. The highest BCUT2D eigenvalue weighted by atomic mass is 32.1. The molecular formula is C12H21N3OS. The van der Waals surface area contributed by atoms with E-state index in [-0.39, 0.29) is 6.61 Å². The minimum absolute atomic E-state index is 0.107. The molecule has 1 aromatic heterocycles. The van der Waals surface area contributed by atoms with Crippen molar-refractivity contribution in [3.8, 4) is 0 Å². The summed E-state index contributed by atoms with van der Waals surface area (Å²) in [5.41, 5.74) is 0. The van der Waals surface area contributed by atoms with E-state index in [2.05, 4.69) is 28.9 Å². The maximum atomic E-state index is 9.01. The largest absolute Gasteiger partial charge is 0.391 e. The normalized spacial score (nSPS) is 19.1. The molecule has 0 spiro atoms. The molecule has 1 aliphatic rings. The zero-order valence-corrected chi connectivity index (χ0v) is 11.4. The third-order valence-electron chi connectivity index (χ3n) is 3.45. The molecule has 0 atom stereocenters. The second-order valence-electron chi connectivity index (χ2n) is 4.83. The van der Waals surface area contributed by atoms with E-state index < -0.39 is 0 Å². The van der Waals surface area contributed by atoms with Gasteiger partial charge in [0.15, 0.2) is 0 Å². The molecule has 2 rings (SSSR count). The highest BCUT2D eigenvalue weighted by Crippen LogP contribution is 2.19. The van der Waals surface area contributed by atoms with Crippen molar-refractivity contribution in [2.75, 3.05) is 27.2 Å². The maximum Gasteiger partial charge on any atom is 0.107 e. The lowest BCUT2D eigenvalue weighted by Crippen LogP contribution is -2.41. The first-order chi connectivity index (χ1) is 8.19. The van der Waals surface area contributed by atoms with Crippen LogP contribution in [0.5, 0.6) is 0 Å². The summed E-state index contributed by atoms with van der Waals surface area (Å²) in [6, 6.07) is 0.674. The van der Waals surface area contributed by atoms with Crippen molar-refractivity contribution in [3.05, 3.63) is 16.1 Å². The summed E-state index contributed by atoms with van der Waals surface area (Å²) in [6.07, 6.45) is 4.26. The van der Waals surface area contributed by atoms with Gasteiger partial charge >= 0.3 is 0 Å². The summed E-state index contributed by atoms with van der Waals surface area (Å²) >= 11 is 1.61. The molecule has 1 fully saturated rings. The third kappa shape index (κ3) is 3.48. The summed E-state index contributed by atoms with van der Waals surface area (Å²) in [7, 11) is 4.36. The Morgan fingerprint density at radius 1 is 1.53 bits per heavy atom. The SMILES string of the molecule is CN1CCC(N(C)Cc2ncc(CO)s2)CC1.